The number of likely N-dealkylation sites (N-methyl/N-ethyl adjacent to an activating group) is 1. The summed E-state index contributed by atoms with van der Waals surface area (Å²) in [5, 5.41) is 7.97. The first-order valence-electron chi connectivity index (χ1n) is 9.29. The number of hydrogen-bond donors (Lipinski definition) is 2. The van der Waals surface area contributed by atoms with Gasteiger partial charge in [-0.2, -0.15) is 0 Å². The Kier molecular flexibility index (Phi) is 6.06. The van der Waals surface area contributed by atoms with E-state index in [0.29, 0.717) is 0 Å². The number of fused-ring (bicyclic) bond motifs is 1. The van der Waals surface area contributed by atoms with Crippen LogP contribution in [0.4, 0.5) is 11.4 Å². The van der Waals surface area contributed by atoms with Gasteiger partial charge in [0.05, 0.1) is 12.6 Å². The molecular formula is C23H25N3O2. The summed E-state index contributed by atoms with van der Waals surface area (Å²) in [5.41, 5.74) is 2.62. The average molecular weight is 375 g/mol. The SMILES string of the molecule is Cc1ccc(NC(=O)CN(C)[C@H](C)C(=O)Nc2ccc3ccccc3c2)cc1. The minimum Gasteiger partial charge on any atom is -0.325 e. The molecule has 0 aliphatic rings. The Hall–Kier alpha value is -3.18. The van der Waals surface area contributed by atoms with Crippen molar-refractivity contribution in [3.63, 3.8) is 0 Å². The van der Waals surface area contributed by atoms with Crippen LogP contribution < -0.4 is 10.6 Å². The molecule has 0 saturated carbocycles. The van der Waals surface area contributed by atoms with Crippen LogP contribution in [0.15, 0.2) is 66.7 Å². The van der Waals surface area contributed by atoms with Gasteiger partial charge in [-0.1, -0.05) is 48.0 Å². The molecule has 1 atom stereocenters. The molecule has 0 aliphatic carbocycles. The van der Waals surface area contributed by atoms with Crippen LogP contribution in [0.5, 0.6) is 0 Å². The van der Waals surface area contributed by atoms with Gasteiger partial charge in [-0.25, -0.2) is 0 Å². The van der Waals surface area contributed by atoms with Gasteiger partial charge in [0.2, 0.25) is 11.8 Å². The molecule has 0 saturated heterocycles. The number of rotatable bonds is 6. The molecule has 5 nitrogen and oxygen atoms in total. The lowest BCUT2D eigenvalue weighted by Gasteiger charge is -2.23. The van der Waals surface area contributed by atoms with Crippen molar-refractivity contribution in [3.8, 4) is 0 Å². The van der Waals surface area contributed by atoms with Crippen molar-refractivity contribution >= 4 is 34.0 Å². The molecule has 3 aromatic rings. The van der Waals surface area contributed by atoms with E-state index in [0.717, 1.165) is 27.7 Å². The Balaban J connectivity index is 1.56. The van der Waals surface area contributed by atoms with Crippen molar-refractivity contribution in [2.24, 2.45) is 0 Å². The number of carbonyl (C=O) groups is 2. The number of benzene rings is 3. The molecule has 0 fully saturated rings. The molecular weight excluding hydrogens is 350 g/mol. The molecule has 5 heteroatoms. The standard InChI is InChI=1S/C23H25N3O2/c1-16-8-11-20(12-9-16)24-22(27)15-26(3)17(2)23(28)25-21-13-10-18-6-4-5-7-19(18)14-21/h4-14,17H,15H2,1-3H3,(H,24,27)(H,25,28)/t17-/m1/s1. The van der Waals surface area contributed by atoms with Crippen molar-refractivity contribution in [2.45, 2.75) is 19.9 Å². The summed E-state index contributed by atoms with van der Waals surface area (Å²) < 4.78 is 0. The zero-order valence-corrected chi connectivity index (χ0v) is 16.4. The lowest BCUT2D eigenvalue weighted by atomic mass is 10.1. The fraction of sp³-hybridized carbons (Fsp3) is 0.217. The summed E-state index contributed by atoms with van der Waals surface area (Å²) >= 11 is 0. The minimum atomic E-state index is -0.449. The van der Waals surface area contributed by atoms with E-state index >= 15 is 0 Å². The fourth-order valence-corrected chi connectivity index (χ4v) is 2.91. The van der Waals surface area contributed by atoms with Gasteiger partial charge in [-0.3, -0.25) is 14.5 Å². The molecule has 0 spiro atoms. The molecule has 0 bridgehead atoms. The van der Waals surface area contributed by atoms with Gasteiger partial charge in [-0.15, -0.1) is 0 Å². The Morgan fingerprint density at radius 2 is 1.54 bits per heavy atom. The summed E-state index contributed by atoms with van der Waals surface area (Å²) in [4.78, 5) is 26.6. The van der Waals surface area contributed by atoms with Gasteiger partial charge in [0.15, 0.2) is 0 Å². The summed E-state index contributed by atoms with van der Waals surface area (Å²) in [6, 6.07) is 21.0. The Morgan fingerprint density at radius 1 is 0.893 bits per heavy atom. The second-order valence-corrected chi connectivity index (χ2v) is 7.06. The summed E-state index contributed by atoms with van der Waals surface area (Å²) in [6.07, 6.45) is 0. The number of anilines is 2. The third-order valence-corrected chi connectivity index (χ3v) is 4.79. The van der Waals surface area contributed by atoms with Crippen molar-refractivity contribution in [1.82, 2.24) is 4.90 Å². The smallest absolute Gasteiger partial charge is 0.241 e. The van der Waals surface area contributed by atoms with Crippen LogP contribution in [0.1, 0.15) is 12.5 Å². The maximum atomic E-state index is 12.6. The normalized spacial score (nSPS) is 12.0. The van der Waals surface area contributed by atoms with E-state index in [1.165, 1.54) is 0 Å². The third-order valence-electron chi connectivity index (χ3n) is 4.79. The molecule has 0 aromatic heterocycles. The van der Waals surface area contributed by atoms with Crippen molar-refractivity contribution in [3.05, 3.63) is 72.3 Å². The van der Waals surface area contributed by atoms with Crippen LogP contribution in [-0.4, -0.2) is 36.3 Å². The molecule has 0 heterocycles. The molecule has 0 unspecified atom stereocenters. The first kappa shape index (κ1) is 19.6. The second-order valence-electron chi connectivity index (χ2n) is 7.06. The zero-order valence-electron chi connectivity index (χ0n) is 16.4. The number of aryl methyl sites for hydroxylation is 1. The zero-order chi connectivity index (χ0) is 20.1. The summed E-state index contributed by atoms with van der Waals surface area (Å²) in [6.45, 7) is 3.91. The van der Waals surface area contributed by atoms with E-state index < -0.39 is 6.04 Å². The van der Waals surface area contributed by atoms with Gasteiger partial charge in [0, 0.05) is 11.4 Å². The molecule has 3 aromatic carbocycles. The van der Waals surface area contributed by atoms with E-state index in [1.807, 2.05) is 73.7 Å². The highest BCUT2D eigenvalue weighted by Crippen LogP contribution is 2.19. The highest BCUT2D eigenvalue weighted by atomic mass is 16.2. The molecule has 2 N–H and O–H groups in total. The number of amides is 2. The van der Waals surface area contributed by atoms with Gasteiger partial charge in [0.1, 0.15) is 0 Å². The van der Waals surface area contributed by atoms with Crippen molar-refractivity contribution in [2.75, 3.05) is 24.2 Å². The third kappa shape index (κ3) is 4.96. The van der Waals surface area contributed by atoms with Crippen molar-refractivity contribution in [1.29, 1.82) is 0 Å². The maximum absolute atomic E-state index is 12.6. The highest BCUT2D eigenvalue weighted by molar-refractivity contribution is 5.98. The Bertz CT molecular complexity index is 983. The van der Waals surface area contributed by atoms with Gasteiger partial charge < -0.3 is 10.6 Å². The lowest BCUT2D eigenvalue weighted by molar-refractivity contribution is -0.122. The quantitative estimate of drug-likeness (QED) is 0.683. The van der Waals surface area contributed by atoms with Gasteiger partial charge >= 0.3 is 0 Å². The molecule has 28 heavy (non-hydrogen) atoms. The topological polar surface area (TPSA) is 61.4 Å². The van der Waals surface area contributed by atoms with Crippen LogP contribution in [0.2, 0.25) is 0 Å². The number of hydrogen-bond acceptors (Lipinski definition) is 3. The highest BCUT2D eigenvalue weighted by Gasteiger charge is 2.20. The second kappa shape index (κ2) is 8.67. The average Bonchev–Trinajstić information content (AvgIpc) is 2.69. The molecule has 3 rings (SSSR count). The predicted octanol–water partition coefficient (Wildman–Crippen LogP) is 4.05. The minimum absolute atomic E-state index is 0.125. The number of nitrogens with zero attached hydrogens (tertiary/aromatic N) is 1. The van der Waals surface area contributed by atoms with Gasteiger partial charge in [0.25, 0.3) is 0 Å². The molecule has 0 aliphatic heterocycles. The first-order valence-corrected chi connectivity index (χ1v) is 9.29. The van der Waals surface area contributed by atoms with E-state index in [4.69, 9.17) is 0 Å². The lowest BCUT2D eigenvalue weighted by Crippen LogP contribution is -2.43. The van der Waals surface area contributed by atoms with E-state index in [2.05, 4.69) is 10.6 Å². The maximum Gasteiger partial charge on any atom is 0.241 e. The molecule has 0 radical (unpaired) electrons. The fourth-order valence-electron chi connectivity index (χ4n) is 2.91. The number of nitrogens with one attached hydrogen (secondary N) is 2. The molecule has 2 amide bonds. The Morgan fingerprint density at radius 3 is 2.25 bits per heavy atom. The van der Waals surface area contributed by atoms with Crippen LogP contribution in [-0.2, 0) is 9.59 Å². The number of carbonyl (C=O) groups excluding carboxylic acids is 2. The summed E-state index contributed by atoms with van der Waals surface area (Å²) in [7, 11) is 1.76. The largest absolute Gasteiger partial charge is 0.325 e. The van der Waals surface area contributed by atoms with E-state index in [-0.39, 0.29) is 18.4 Å². The Labute approximate surface area is 165 Å². The van der Waals surface area contributed by atoms with Crippen LogP contribution in [0, 0.1) is 6.92 Å². The van der Waals surface area contributed by atoms with Crippen LogP contribution >= 0.6 is 0 Å². The van der Waals surface area contributed by atoms with Crippen LogP contribution in [0.25, 0.3) is 10.8 Å². The van der Waals surface area contributed by atoms with Crippen LogP contribution in [0.3, 0.4) is 0 Å². The van der Waals surface area contributed by atoms with E-state index in [9.17, 15) is 9.59 Å². The van der Waals surface area contributed by atoms with Crippen molar-refractivity contribution < 1.29 is 9.59 Å². The van der Waals surface area contributed by atoms with Gasteiger partial charge in [-0.05, 0) is 55.9 Å². The molecule has 144 valence electrons. The van der Waals surface area contributed by atoms with E-state index in [1.54, 1.807) is 18.9 Å². The predicted molar refractivity (Wildman–Crippen MR) is 114 cm³/mol. The monoisotopic (exact) mass is 375 g/mol. The first-order chi connectivity index (χ1) is 13.4. The summed E-state index contributed by atoms with van der Waals surface area (Å²) in [5.74, 6) is -0.308.